The van der Waals surface area contributed by atoms with E-state index in [2.05, 4.69) is 9.88 Å². The van der Waals surface area contributed by atoms with E-state index in [9.17, 15) is 4.39 Å². The Hall–Kier alpha value is -1.00. The van der Waals surface area contributed by atoms with Gasteiger partial charge in [-0.3, -0.25) is 9.88 Å². The second-order valence-electron chi connectivity index (χ2n) is 3.69. The predicted octanol–water partition coefficient (Wildman–Crippen LogP) is 1.25. The maximum atomic E-state index is 12.9. The summed E-state index contributed by atoms with van der Waals surface area (Å²) in [4.78, 5) is 6.13. The first-order valence-corrected chi connectivity index (χ1v) is 5.21. The average Bonchev–Trinajstić information content (AvgIpc) is 2.28. The summed E-state index contributed by atoms with van der Waals surface area (Å²) in [6.45, 7) is 2.57. The Kier molecular flexibility index (Phi) is 3.64. The molecule has 1 aliphatic heterocycles. The Morgan fingerprint density at radius 1 is 1.60 bits per heavy atom. The van der Waals surface area contributed by atoms with Gasteiger partial charge in [0.2, 0.25) is 6.36 Å². The number of ether oxygens (including phenoxy) is 1. The molecule has 15 heavy (non-hydrogen) atoms. The van der Waals surface area contributed by atoms with E-state index in [0.29, 0.717) is 13.2 Å². The summed E-state index contributed by atoms with van der Waals surface area (Å²) in [5.41, 5.74) is 1.19. The third-order valence-electron chi connectivity index (χ3n) is 2.55. The number of aromatic nitrogens is 1. The molecule has 1 atom stereocenters. The number of halogens is 1. The van der Waals surface area contributed by atoms with E-state index < -0.39 is 6.36 Å². The van der Waals surface area contributed by atoms with Crippen LogP contribution in [0, 0.1) is 0 Å². The number of alkyl halides is 1. The molecule has 0 spiro atoms. The lowest BCUT2D eigenvalue weighted by molar-refractivity contribution is -0.0976. The predicted molar refractivity (Wildman–Crippen MR) is 55.2 cm³/mol. The van der Waals surface area contributed by atoms with Crippen molar-refractivity contribution in [1.82, 2.24) is 9.88 Å². The highest BCUT2D eigenvalue weighted by molar-refractivity contribution is 5.08. The maximum Gasteiger partial charge on any atom is 0.211 e. The Labute approximate surface area is 88.9 Å². The molecule has 4 heteroatoms. The summed E-state index contributed by atoms with van der Waals surface area (Å²) in [5, 5.41) is 0. The zero-order chi connectivity index (χ0) is 10.5. The van der Waals surface area contributed by atoms with Gasteiger partial charge in [-0.15, -0.1) is 0 Å². The molecule has 82 valence electrons. The minimum Gasteiger partial charge on any atom is -0.346 e. The van der Waals surface area contributed by atoms with Crippen LogP contribution in [-0.2, 0) is 11.2 Å². The molecule has 1 aromatic rings. The standard InChI is InChI=1S/C11H15FN2O/c12-11-9-14(6-7-15-11)5-3-10-2-1-4-13-8-10/h1-2,4,8,11H,3,5-7,9H2. The molecule has 2 rings (SSSR count). The first kappa shape index (κ1) is 10.5. The number of hydrogen-bond donors (Lipinski definition) is 0. The number of nitrogens with zero attached hydrogens (tertiary/aromatic N) is 2. The van der Waals surface area contributed by atoms with Gasteiger partial charge >= 0.3 is 0 Å². The first-order chi connectivity index (χ1) is 7.34. The lowest BCUT2D eigenvalue weighted by atomic mass is 10.2. The molecule has 0 aliphatic carbocycles. The summed E-state index contributed by atoms with van der Waals surface area (Å²) < 4.78 is 17.7. The van der Waals surface area contributed by atoms with Crippen molar-refractivity contribution in [3.63, 3.8) is 0 Å². The molecule has 0 aromatic carbocycles. The van der Waals surface area contributed by atoms with Gasteiger partial charge in [-0.05, 0) is 18.1 Å². The second-order valence-corrected chi connectivity index (χ2v) is 3.69. The Morgan fingerprint density at radius 3 is 3.27 bits per heavy atom. The van der Waals surface area contributed by atoms with Gasteiger partial charge in [0.05, 0.1) is 13.2 Å². The molecule has 0 N–H and O–H groups in total. The molecule has 2 heterocycles. The van der Waals surface area contributed by atoms with Gasteiger partial charge in [-0.25, -0.2) is 4.39 Å². The molecule has 1 saturated heterocycles. The normalized spacial score (nSPS) is 22.9. The summed E-state index contributed by atoms with van der Waals surface area (Å²) in [5.74, 6) is 0. The van der Waals surface area contributed by atoms with Crippen LogP contribution in [0.1, 0.15) is 5.56 Å². The van der Waals surface area contributed by atoms with Gasteiger partial charge in [0.1, 0.15) is 0 Å². The van der Waals surface area contributed by atoms with E-state index in [1.165, 1.54) is 5.56 Å². The van der Waals surface area contributed by atoms with E-state index in [-0.39, 0.29) is 0 Å². The van der Waals surface area contributed by atoms with Crippen LogP contribution in [0.2, 0.25) is 0 Å². The van der Waals surface area contributed by atoms with Gasteiger partial charge in [-0.1, -0.05) is 6.07 Å². The van der Waals surface area contributed by atoms with Crippen molar-refractivity contribution in [2.24, 2.45) is 0 Å². The smallest absolute Gasteiger partial charge is 0.211 e. The molecule has 3 nitrogen and oxygen atoms in total. The quantitative estimate of drug-likeness (QED) is 0.750. The zero-order valence-electron chi connectivity index (χ0n) is 8.60. The molecule has 1 aliphatic rings. The minimum atomic E-state index is -1.12. The Balaban J connectivity index is 1.78. The van der Waals surface area contributed by atoms with Crippen LogP contribution in [0.15, 0.2) is 24.5 Å². The third-order valence-corrected chi connectivity index (χ3v) is 2.55. The van der Waals surface area contributed by atoms with Crippen molar-refractivity contribution in [3.8, 4) is 0 Å². The number of rotatable bonds is 3. The third kappa shape index (κ3) is 3.25. The molecule has 0 bridgehead atoms. The Bertz CT molecular complexity index is 294. The summed E-state index contributed by atoms with van der Waals surface area (Å²) in [7, 11) is 0. The second kappa shape index (κ2) is 5.19. The average molecular weight is 210 g/mol. The molecule has 1 fully saturated rings. The fourth-order valence-electron chi connectivity index (χ4n) is 1.69. The van der Waals surface area contributed by atoms with Gasteiger partial charge in [-0.2, -0.15) is 0 Å². The Morgan fingerprint density at radius 2 is 2.53 bits per heavy atom. The lowest BCUT2D eigenvalue weighted by Gasteiger charge is -2.28. The molecular weight excluding hydrogens is 195 g/mol. The molecule has 1 aromatic heterocycles. The maximum absolute atomic E-state index is 12.9. The van der Waals surface area contributed by atoms with E-state index in [1.807, 2.05) is 18.3 Å². The van der Waals surface area contributed by atoms with Gasteiger partial charge in [0.25, 0.3) is 0 Å². The van der Waals surface area contributed by atoms with E-state index in [4.69, 9.17) is 4.74 Å². The van der Waals surface area contributed by atoms with Crippen LogP contribution in [0.4, 0.5) is 4.39 Å². The minimum absolute atomic E-state index is 0.389. The fraction of sp³-hybridized carbons (Fsp3) is 0.545. The number of morpholine rings is 1. The molecule has 0 saturated carbocycles. The van der Waals surface area contributed by atoms with Crippen LogP contribution in [0.5, 0.6) is 0 Å². The van der Waals surface area contributed by atoms with Crippen molar-refractivity contribution in [2.75, 3.05) is 26.2 Å². The highest BCUT2D eigenvalue weighted by Gasteiger charge is 2.18. The van der Waals surface area contributed by atoms with Gasteiger partial charge < -0.3 is 4.74 Å². The van der Waals surface area contributed by atoms with E-state index in [1.54, 1.807) is 6.20 Å². The number of pyridine rings is 1. The van der Waals surface area contributed by atoms with Crippen molar-refractivity contribution in [2.45, 2.75) is 12.8 Å². The number of hydrogen-bond acceptors (Lipinski definition) is 3. The highest BCUT2D eigenvalue weighted by Crippen LogP contribution is 2.07. The van der Waals surface area contributed by atoms with Crippen molar-refractivity contribution < 1.29 is 9.13 Å². The van der Waals surface area contributed by atoms with Gasteiger partial charge in [0, 0.05) is 25.5 Å². The van der Waals surface area contributed by atoms with Crippen molar-refractivity contribution >= 4 is 0 Å². The van der Waals surface area contributed by atoms with E-state index >= 15 is 0 Å². The molecule has 0 amide bonds. The first-order valence-electron chi connectivity index (χ1n) is 5.21. The van der Waals surface area contributed by atoms with Crippen LogP contribution < -0.4 is 0 Å². The zero-order valence-corrected chi connectivity index (χ0v) is 8.60. The van der Waals surface area contributed by atoms with E-state index in [0.717, 1.165) is 19.5 Å². The molecule has 1 unspecified atom stereocenters. The largest absolute Gasteiger partial charge is 0.346 e. The van der Waals surface area contributed by atoms with Crippen molar-refractivity contribution in [3.05, 3.63) is 30.1 Å². The highest BCUT2D eigenvalue weighted by atomic mass is 19.1. The van der Waals surface area contributed by atoms with Crippen LogP contribution in [-0.4, -0.2) is 42.5 Å². The van der Waals surface area contributed by atoms with Gasteiger partial charge in [0.15, 0.2) is 0 Å². The van der Waals surface area contributed by atoms with Crippen molar-refractivity contribution in [1.29, 1.82) is 0 Å². The monoisotopic (exact) mass is 210 g/mol. The summed E-state index contributed by atoms with van der Waals surface area (Å²) in [6, 6.07) is 3.97. The summed E-state index contributed by atoms with van der Waals surface area (Å²) >= 11 is 0. The topological polar surface area (TPSA) is 25.4 Å². The fourth-order valence-corrected chi connectivity index (χ4v) is 1.69. The SMILES string of the molecule is FC1CN(CCc2cccnc2)CCO1. The molecule has 0 radical (unpaired) electrons. The molecular formula is C11H15FN2O. The lowest BCUT2D eigenvalue weighted by Crippen LogP contribution is -2.41. The van der Waals surface area contributed by atoms with Crippen LogP contribution in [0.3, 0.4) is 0 Å². The van der Waals surface area contributed by atoms with Crippen LogP contribution >= 0.6 is 0 Å². The van der Waals surface area contributed by atoms with Crippen LogP contribution in [0.25, 0.3) is 0 Å². The summed E-state index contributed by atoms with van der Waals surface area (Å²) in [6.07, 6.45) is 3.41.